The molecule has 2 N–H and O–H groups in total. The standard InChI is InChI=1S/C17H22N4O2S/c1-11(2)16-19-5-7-21(16)13-4-3-6-20(9-13)17(23)14-8-12(10-24-14)15(18)22/h5,7-8,10-11,13H,3-4,6,9H2,1-2H3,(H2,18,22)/t13-/m0/s1. The summed E-state index contributed by atoms with van der Waals surface area (Å²) in [5.41, 5.74) is 5.67. The van der Waals surface area contributed by atoms with Gasteiger partial charge in [-0.15, -0.1) is 11.3 Å². The van der Waals surface area contributed by atoms with Gasteiger partial charge in [-0.1, -0.05) is 13.8 Å². The van der Waals surface area contributed by atoms with Gasteiger partial charge >= 0.3 is 0 Å². The first-order valence-electron chi connectivity index (χ1n) is 8.17. The van der Waals surface area contributed by atoms with Crippen molar-refractivity contribution in [3.63, 3.8) is 0 Å². The number of imidazole rings is 1. The summed E-state index contributed by atoms with van der Waals surface area (Å²) in [6.07, 6.45) is 5.83. The zero-order valence-corrected chi connectivity index (χ0v) is 14.8. The molecule has 1 aliphatic heterocycles. The first-order chi connectivity index (χ1) is 11.5. The van der Waals surface area contributed by atoms with Crippen molar-refractivity contribution in [2.45, 2.75) is 38.6 Å². The molecule has 1 aliphatic rings. The van der Waals surface area contributed by atoms with Gasteiger partial charge in [-0.25, -0.2) is 4.98 Å². The Bertz CT molecular complexity index is 749. The highest BCUT2D eigenvalue weighted by atomic mass is 32.1. The van der Waals surface area contributed by atoms with Crippen molar-refractivity contribution in [3.8, 4) is 0 Å². The number of hydrogen-bond acceptors (Lipinski definition) is 4. The fourth-order valence-electron chi connectivity index (χ4n) is 3.18. The van der Waals surface area contributed by atoms with E-state index in [0.717, 1.165) is 25.2 Å². The number of carbonyl (C=O) groups is 2. The molecule has 0 unspecified atom stereocenters. The number of aromatic nitrogens is 2. The first kappa shape index (κ1) is 16.7. The second-order valence-corrected chi connectivity index (χ2v) is 7.37. The van der Waals surface area contributed by atoms with E-state index in [4.69, 9.17) is 5.73 Å². The number of nitrogens with two attached hydrogens (primary N) is 1. The van der Waals surface area contributed by atoms with Crippen molar-refractivity contribution >= 4 is 23.2 Å². The van der Waals surface area contributed by atoms with E-state index < -0.39 is 5.91 Å². The summed E-state index contributed by atoms with van der Waals surface area (Å²) in [6.45, 7) is 5.66. The third kappa shape index (κ3) is 3.21. The van der Waals surface area contributed by atoms with Crippen molar-refractivity contribution in [2.75, 3.05) is 13.1 Å². The molecule has 3 rings (SSSR count). The van der Waals surface area contributed by atoms with Gasteiger partial charge in [0, 0.05) is 36.8 Å². The summed E-state index contributed by atoms with van der Waals surface area (Å²) in [6, 6.07) is 1.84. The molecule has 0 saturated carbocycles. The molecule has 24 heavy (non-hydrogen) atoms. The highest BCUT2D eigenvalue weighted by molar-refractivity contribution is 7.12. The summed E-state index contributed by atoms with van der Waals surface area (Å²) < 4.78 is 2.20. The number of amides is 2. The van der Waals surface area contributed by atoms with Crippen LogP contribution in [0.15, 0.2) is 23.8 Å². The number of hydrogen-bond donors (Lipinski definition) is 1. The molecule has 2 amide bonds. The molecule has 128 valence electrons. The van der Waals surface area contributed by atoms with Crippen molar-refractivity contribution in [3.05, 3.63) is 40.1 Å². The number of piperidine rings is 1. The second-order valence-electron chi connectivity index (χ2n) is 6.46. The molecule has 1 atom stereocenters. The molecule has 1 saturated heterocycles. The number of thiophene rings is 1. The summed E-state index contributed by atoms with van der Waals surface area (Å²) >= 11 is 1.28. The Morgan fingerprint density at radius 1 is 1.42 bits per heavy atom. The van der Waals surface area contributed by atoms with Crippen LogP contribution in [0.1, 0.15) is 64.5 Å². The third-order valence-electron chi connectivity index (χ3n) is 4.39. The van der Waals surface area contributed by atoms with E-state index in [1.54, 1.807) is 11.4 Å². The fourth-order valence-corrected chi connectivity index (χ4v) is 4.04. The van der Waals surface area contributed by atoms with Gasteiger partial charge in [-0.05, 0) is 18.9 Å². The lowest BCUT2D eigenvalue weighted by Gasteiger charge is -2.34. The minimum atomic E-state index is -0.498. The van der Waals surface area contributed by atoms with E-state index in [-0.39, 0.29) is 11.9 Å². The molecule has 2 aromatic rings. The average molecular weight is 346 g/mol. The molecule has 1 fully saturated rings. The normalized spacial score (nSPS) is 18.1. The van der Waals surface area contributed by atoms with Crippen LogP contribution in [0.2, 0.25) is 0 Å². The zero-order valence-electron chi connectivity index (χ0n) is 13.9. The van der Waals surface area contributed by atoms with Gasteiger partial charge in [0.05, 0.1) is 16.5 Å². The Balaban J connectivity index is 1.76. The minimum Gasteiger partial charge on any atom is -0.366 e. The molecule has 0 aromatic carbocycles. The van der Waals surface area contributed by atoms with E-state index in [1.807, 2.05) is 17.3 Å². The highest BCUT2D eigenvalue weighted by Gasteiger charge is 2.28. The van der Waals surface area contributed by atoms with Crippen LogP contribution in [0, 0.1) is 0 Å². The minimum absolute atomic E-state index is 0.0246. The number of primary amides is 1. The molecule has 7 heteroatoms. The molecular formula is C17H22N4O2S. The lowest BCUT2D eigenvalue weighted by molar-refractivity contribution is 0.0682. The lowest BCUT2D eigenvalue weighted by atomic mass is 10.0. The van der Waals surface area contributed by atoms with E-state index in [2.05, 4.69) is 23.4 Å². The summed E-state index contributed by atoms with van der Waals surface area (Å²) in [5.74, 6) is 0.883. The molecule has 0 bridgehead atoms. The van der Waals surface area contributed by atoms with Gasteiger partial charge in [-0.3, -0.25) is 9.59 Å². The number of carbonyl (C=O) groups excluding carboxylic acids is 2. The molecule has 0 radical (unpaired) electrons. The highest BCUT2D eigenvalue weighted by Crippen LogP contribution is 2.27. The number of nitrogens with zero attached hydrogens (tertiary/aromatic N) is 3. The molecule has 0 aliphatic carbocycles. The predicted octanol–water partition coefficient (Wildman–Crippen LogP) is 2.64. The van der Waals surface area contributed by atoms with Crippen molar-refractivity contribution in [1.29, 1.82) is 0 Å². The second kappa shape index (κ2) is 6.76. The van der Waals surface area contributed by atoms with E-state index in [0.29, 0.717) is 22.9 Å². The molecule has 3 heterocycles. The first-order valence-corrected chi connectivity index (χ1v) is 9.05. The maximum atomic E-state index is 12.7. The Morgan fingerprint density at radius 3 is 2.88 bits per heavy atom. The maximum absolute atomic E-state index is 12.7. The van der Waals surface area contributed by atoms with E-state index in [9.17, 15) is 9.59 Å². The van der Waals surface area contributed by atoms with Crippen LogP contribution in [0.25, 0.3) is 0 Å². The topological polar surface area (TPSA) is 81.2 Å². The fraction of sp³-hybridized carbons (Fsp3) is 0.471. The van der Waals surface area contributed by atoms with E-state index >= 15 is 0 Å². The van der Waals surface area contributed by atoms with Gasteiger partial charge in [0.2, 0.25) is 5.91 Å². The Morgan fingerprint density at radius 2 is 2.21 bits per heavy atom. The summed E-state index contributed by atoms with van der Waals surface area (Å²) in [7, 11) is 0. The van der Waals surface area contributed by atoms with Gasteiger partial charge in [0.1, 0.15) is 5.82 Å². The average Bonchev–Trinajstić information content (AvgIpc) is 3.23. The van der Waals surface area contributed by atoms with Crippen molar-refractivity contribution in [2.24, 2.45) is 5.73 Å². The van der Waals surface area contributed by atoms with Crippen LogP contribution in [0.5, 0.6) is 0 Å². The van der Waals surface area contributed by atoms with Crippen LogP contribution in [0.4, 0.5) is 0 Å². The Labute approximate surface area is 145 Å². The van der Waals surface area contributed by atoms with Crippen LogP contribution >= 0.6 is 11.3 Å². The maximum Gasteiger partial charge on any atom is 0.264 e. The van der Waals surface area contributed by atoms with E-state index in [1.165, 1.54) is 11.3 Å². The monoisotopic (exact) mass is 346 g/mol. The van der Waals surface area contributed by atoms with Gasteiger partial charge < -0.3 is 15.2 Å². The largest absolute Gasteiger partial charge is 0.366 e. The van der Waals surface area contributed by atoms with Gasteiger partial charge in [0.15, 0.2) is 0 Å². The predicted molar refractivity (Wildman–Crippen MR) is 93.3 cm³/mol. The van der Waals surface area contributed by atoms with Crippen LogP contribution in [-0.4, -0.2) is 39.4 Å². The van der Waals surface area contributed by atoms with Crippen LogP contribution in [-0.2, 0) is 0 Å². The summed E-state index contributed by atoms with van der Waals surface area (Å²) in [5, 5.41) is 1.64. The van der Waals surface area contributed by atoms with Crippen molar-refractivity contribution < 1.29 is 9.59 Å². The molecule has 2 aromatic heterocycles. The number of rotatable bonds is 4. The zero-order chi connectivity index (χ0) is 17.3. The lowest BCUT2D eigenvalue weighted by Crippen LogP contribution is -2.40. The smallest absolute Gasteiger partial charge is 0.264 e. The van der Waals surface area contributed by atoms with Gasteiger partial charge in [-0.2, -0.15) is 0 Å². The van der Waals surface area contributed by atoms with Gasteiger partial charge in [0.25, 0.3) is 5.91 Å². The van der Waals surface area contributed by atoms with Crippen molar-refractivity contribution in [1.82, 2.24) is 14.5 Å². The Hall–Kier alpha value is -2.15. The summed E-state index contributed by atoms with van der Waals surface area (Å²) in [4.78, 5) is 30.8. The third-order valence-corrected chi connectivity index (χ3v) is 5.31. The van der Waals surface area contributed by atoms with Crippen LogP contribution in [0.3, 0.4) is 0 Å². The molecule has 0 spiro atoms. The molecule has 6 nitrogen and oxygen atoms in total. The SMILES string of the molecule is CC(C)c1nccn1[C@H]1CCCN(C(=O)c2cc(C(N)=O)cs2)C1. The molecular weight excluding hydrogens is 324 g/mol. The quantitative estimate of drug-likeness (QED) is 0.924. The Kier molecular flexibility index (Phi) is 4.71. The van der Waals surface area contributed by atoms with Crippen LogP contribution < -0.4 is 5.73 Å². The number of likely N-dealkylation sites (tertiary alicyclic amines) is 1.